The number of benzene rings is 9. The first kappa shape index (κ1) is 27.2. The second kappa shape index (κ2) is 11.3. The number of fused-ring (bicyclic) bond motifs is 6. The lowest BCUT2D eigenvalue weighted by molar-refractivity contribution is 1.29. The van der Waals surface area contributed by atoms with Gasteiger partial charge < -0.3 is 4.90 Å². The Balaban J connectivity index is 1.23. The molecule has 0 aliphatic carbocycles. The Kier molecular flexibility index (Phi) is 6.54. The molecule has 0 radical (unpaired) electrons. The Hall–Kier alpha value is -6.18. The molecule has 0 aliphatic heterocycles. The summed E-state index contributed by atoms with van der Waals surface area (Å²) in [5.74, 6) is 0. The highest BCUT2D eigenvalue weighted by molar-refractivity contribution is 6.17. The highest BCUT2D eigenvalue weighted by atomic mass is 15.1. The Morgan fingerprint density at radius 3 is 1.62 bits per heavy atom. The summed E-state index contributed by atoms with van der Waals surface area (Å²) in [7, 11) is 0. The minimum Gasteiger partial charge on any atom is -0.310 e. The van der Waals surface area contributed by atoms with Crippen molar-refractivity contribution in [1.29, 1.82) is 0 Å². The van der Waals surface area contributed by atoms with E-state index in [9.17, 15) is 0 Å². The summed E-state index contributed by atoms with van der Waals surface area (Å²) >= 11 is 0. The molecule has 0 saturated heterocycles. The lowest BCUT2D eigenvalue weighted by Crippen LogP contribution is -2.10. The quantitative estimate of drug-likeness (QED) is 0.178. The van der Waals surface area contributed by atoms with E-state index in [4.69, 9.17) is 0 Å². The molecule has 9 aromatic rings. The molecule has 0 aromatic heterocycles. The first-order valence-corrected chi connectivity index (χ1v) is 16.2. The predicted octanol–water partition coefficient (Wildman–Crippen LogP) is 13.1. The van der Waals surface area contributed by atoms with Gasteiger partial charge in [0.15, 0.2) is 0 Å². The second-order valence-electron chi connectivity index (χ2n) is 12.2. The lowest BCUT2D eigenvalue weighted by atomic mass is 9.96. The van der Waals surface area contributed by atoms with Crippen molar-refractivity contribution < 1.29 is 0 Å². The number of hydrogen-bond donors (Lipinski definition) is 0. The van der Waals surface area contributed by atoms with Crippen molar-refractivity contribution in [1.82, 2.24) is 0 Å². The van der Waals surface area contributed by atoms with Crippen molar-refractivity contribution >= 4 is 60.2 Å². The Labute approximate surface area is 274 Å². The van der Waals surface area contributed by atoms with Crippen LogP contribution in [-0.2, 0) is 0 Å². The van der Waals surface area contributed by atoms with E-state index in [-0.39, 0.29) is 0 Å². The first-order chi connectivity index (χ1) is 23.3. The molecule has 0 N–H and O–H groups in total. The number of nitrogens with zero attached hydrogens (tertiary/aromatic N) is 1. The third-order valence-electron chi connectivity index (χ3n) is 9.42. The van der Waals surface area contributed by atoms with Gasteiger partial charge >= 0.3 is 0 Å². The molecule has 1 nitrogen and oxygen atoms in total. The van der Waals surface area contributed by atoms with Crippen molar-refractivity contribution in [2.24, 2.45) is 0 Å². The zero-order valence-electron chi connectivity index (χ0n) is 25.8. The molecule has 0 atom stereocenters. The van der Waals surface area contributed by atoms with Gasteiger partial charge in [-0.05, 0) is 102 Å². The van der Waals surface area contributed by atoms with Crippen LogP contribution in [-0.4, -0.2) is 0 Å². The topological polar surface area (TPSA) is 3.24 Å². The fraction of sp³-hybridized carbons (Fsp3) is 0. The van der Waals surface area contributed by atoms with E-state index in [0.717, 1.165) is 17.1 Å². The van der Waals surface area contributed by atoms with Gasteiger partial charge in [0.25, 0.3) is 0 Å². The Bertz CT molecular complexity index is 2560. The second-order valence-corrected chi connectivity index (χ2v) is 12.2. The van der Waals surface area contributed by atoms with Crippen LogP contribution in [0, 0.1) is 0 Å². The van der Waals surface area contributed by atoms with Gasteiger partial charge in [-0.15, -0.1) is 0 Å². The van der Waals surface area contributed by atoms with E-state index in [1.807, 2.05) is 0 Å². The van der Waals surface area contributed by atoms with Crippen molar-refractivity contribution in [3.63, 3.8) is 0 Å². The summed E-state index contributed by atoms with van der Waals surface area (Å²) in [6.45, 7) is 0. The predicted molar refractivity (Wildman–Crippen MR) is 202 cm³/mol. The molecule has 0 aliphatic rings. The average Bonchev–Trinajstić information content (AvgIpc) is 3.15. The molecule has 0 unspecified atom stereocenters. The maximum Gasteiger partial charge on any atom is 0.0468 e. The maximum atomic E-state index is 2.39. The van der Waals surface area contributed by atoms with Crippen molar-refractivity contribution in [3.8, 4) is 22.3 Å². The van der Waals surface area contributed by atoms with Gasteiger partial charge in [-0.2, -0.15) is 0 Å². The summed E-state index contributed by atoms with van der Waals surface area (Å²) in [5, 5.41) is 10.1. The van der Waals surface area contributed by atoms with Crippen LogP contribution < -0.4 is 4.90 Å². The van der Waals surface area contributed by atoms with E-state index in [1.54, 1.807) is 0 Å². The van der Waals surface area contributed by atoms with Crippen LogP contribution in [0.25, 0.3) is 65.3 Å². The fourth-order valence-corrected chi connectivity index (χ4v) is 7.11. The number of hydrogen-bond acceptors (Lipinski definition) is 1. The molecular weight excluding hydrogens is 567 g/mol. The third kappa shape index (κ3) is 4.81. The van der Waals surface area contributed by atoms with Crippen LogP contribution in [0.4, 0.5) is 17.1 Å². The Morgan fingerprint density at radius 1 is 0.255 bits per heavy atom. The van der Waals surface area contributed by atoms with Gasteiger partial charge in [0.05, 0.1) is 0 Å². The van der Waals surface area contributed by atoms with Gasteiger partial charge in [-0.3, -0.25) is 0 Å². The number of anilines is 3. The summed E-state index contributed by atoms with van der Waals surface area (Å²) in [4.78, 5) is 2.39. The standard InChI is InChI=1S/C46H31N/c1-2-10-32(11-3-1)37-15-8-16-39(30-37)47(38-25-20-35(21-26-38)42-19-9-14-33-12-4-6-17-41(33)42)40-27-22-36-24-28-44-43-18-7-5-13-34(43)23-29-45(44)46(36)31-40/h1-31H. The van der Waals surface area contributed by atoms with Crippen molar-refractivity contribution in [3.05, 3.63) is 188 Å². The lowest BCUT2D eigenvalue weighted by Gasteiger charge is -2.27. The molecule has 220 valence electrons. The molecule has 0 saturated carbocycles. The summed E-state index contributed by atoms with van der Waals surface area (Å²) in [6, 6.07) is 68.3. The van der Waals surface area contributed by atoms with Crippen LogP contribution in [0.2, 0.25) is 0 Å². The highest BCUT2D eigenvalue weighted by Gasteiger charge is 2.16. The van der Waals surface area contributed by atoms with Gasteiger partial charge in [0, 0.05) is 17.1 Å². The van der Waals surface area contributed by atoms with E-state index in [1.165, 1.54) is 65.3 Å². The van der Waals surface area contributed by atoms with Crippen LogP contribution in [0.3, 0.4) is 0 Å². The zero-order valence-corrected chi connectivity index (χ0v) is 25.8. The van der Waals surface area contributed by atoms with Crippen LogP contribution >= 0.6 is 0 Å². The van der Waals surface area contributed by atoms with Crippen LogP contribution in [0.15, 0.2) is 188 Å². The minimum absolute atomic E-state index is 1.12. The molecule has 9 aromatic carbocycles. The van der Waals surface area contributed by atoms with Crippen molar-refractivity contribution in [2.75, 3.05) is 4.90 Å². The number of rotatable bonds is 5. The molecule has 0 fully saturated rings. The molecule has 0 heterocycles. The van der Waals surface area contributed by atoms with Crippen LogP contribution in [0.1, 0.15) is 0 Å². The molecular formula is C46H31N. The molecule has 0 bridgehead atoms. The molecule has 47 heavy (non-hydrogen) atoms. The van der Waals surface area contributed by atoms with E-state index in [2.05, 4.69) is 193 Å². The van der Waals surface area contributed by atoms with E-state index >= 15 is 0 Å². The summed E-state index contributed by atoms with van der Waals surface area (Å²) in [5.41, 5.74) is 8.21. The molecule has 0 spiro atoms. The summed E-state index contributed by atoms with van der Waals surface area (Å²) < 4.78 is 0. The largest absolute Gasteiger partial charge is 0.310 e. The van der Waals surface area contributed by atoms with Gasteiger partial charge in [0.2, 0.25) is 0 Å². The molecule has 1 heteroatoms. The SMILES string of the molecule is c1ccc(-c2cccc(N(c3ccc(-c4cccc5ccccc45)cc3)c3ccc4ccc5c6ccccc6ccc5c4c3)c2)cc1. The van der Waals surface area contributed by atoms with Gasteiger partial charge in [0.1, 0.15) is 0 Å². The van der Waals surface area contributed by atoms with E-state index < -0.39 is 0 Å². The van der Waals surface area contributed by atoms with E-state index in [0.29, 0.717) is 0 Å². The maximum absolute atomic E-state index is 2.39. The zero-order chi connectivity index (χ0) is 31.2. The Morgan fingerprint density at radius 2 is 0.809 bits per heavy atom. The minimum atomic E-state index is 1.12. The molecule has 0 amide bonds. The van der Waals surface area contributed by atoms with Gasteiger partial charge in [-0.1, -0.05) is 152 Å². The average molecular weight is 598 g/mol. The van der Waals surface area contributed by atoms with Crippen molar-refractivity contribution in [2.45, 2.75) is 0 Å². The summed E-state index contributed by atoms with van der Waals surface area (Å²) in [6.07, 6.45) is 0. The normalized spacial score (nSPS) is 11.4. The fourth-order valence-electron chi connectivity index (χ4n) is 7.11. The monoisotopic (exact) mass is 597 g/mol. The smallest absolute Gasteiger partial charge is 0.0468 e. The first-order valence-electron chi connectivity index (χ1n) is 16.2. The van der Waals surface area contributed by atoms with Gasteiger partial charge in [-0.25, -0.2) is 0 Å². The highest BCUT2D eigenvalue weighted by Crippen LogP contribution is 2.41. The van der Waals surface area contributed by atoms with Crippen LogP contribution in [0.5, 0.6) is 0 Å². The third-order valence-corrected chi connectivity index (χ3v) is 9.42. The molecule has 9 rings (SSSR count).